The van der Waals surface area contributed by atoms with E-state index in [4.69, 9.17) is 28.4 Å². The van der Waals surface area contributed by atoms with Crippen molar-refractivity contribution in [2.75, 3.05) is 19.8 Å². The molecule has 8 nitrogen and oxygen atoms in total. The van der Waals surface area contributed by atoms with Crippen LogP contribution < -0.4 is 10.1 Å². The lowest BCUT2D eigenvalue weighted by Gasteiger charge is -2.46. The van der Waals surface area contributed by atoms with E-state index >= 15 is 0 Å². The third kappa shape index (κ3) is 11.8. The Bertz CT molecular complexity index is 2400. The number of fused-ring (bicyclic) bond motifs is 1. The summed E-state index contributed by atoms with van der Waals surface area (Å²) in [6.07, 6.45) is -2.35. The van der Waals surface area contributed by atoms with Crippen molar-refractivity contribution in [1.82, 2.24) is 5.32 Å². The lowest BCUT2D eigenvalue weighted by atomic mass is 9.89. The van der Waals surface area contributed by atoms with E-state index in [9.17, 15) is 4.79 Å². The van der Waals surface area contributed by atoms with Crippen molar-refractivity contribution in [3.8, 4) is 5.75 Å². The minimum atomic E-state index is -0.667. The highest BCUT2D eigenvalue weighted by molar-refractivity contribution is 7.19. The molecule has 1 aliphatic heterocycles. The fourth-order valence-electron chi connectivity index (χ4n) is 7.81. The monoisotopic (exact) mass is 847 g/mol. The second-order valence-corrected chi connectivity index (χ2v) is 16.7. The smallest absolute Gasteiger partial charge is 0.216 e. The average Bonchev–Trinajstić information content (AvgIpc) is 3.72. The highest BCUT2D eigenvalue weighted by Gasteiger charge is 2.49. The Hall–Kier alpha value is -5.65. The Balaban J connectivity index is 1.20. The molecule has 62 heavy (non-hydrogen) atoms. The first-order valence-electron chi connectivity index (χ1n) is 21.3. The molecule has 2 heterocycles. The van der Waals surface area contributed by atoms with Crippen LogP contribution in [0.5, 0.6) is 5.75 Å². The predicted octanol–water partition coefficient (Wildman–Crippen LogP) is 10.4. The molecule has 6 aromatic carbocycles. The van der Waals surface area contributed by atoms with E-state index in [1.54, 1.807) is 11.3 Å². The first-order valence-corrected chi connectivity index (χ1v) is 22.1. The molecule has 0 radical (unpaired) electrons. The summed E-state index contributed by atoms with van der Waals surface area (Å²) in [5.41, 5.74) is 6.08. The van der Waals surface area contributed by atoms with Crippen LogP contribution in [0.2, 0.25) is 0 Å². The lowest BCUT2D eigenvalue weighted by Crippen LogP contribution is -2.58. The Kier molecular flexibility index (Phi) is 15.2. The van der Waals surface area contributed by atoms with Gasteiger partial charge in [0.25, 0.3) is 0 Å². The third-order valence-corrected chi connectivity index (χ3v) is 12.0. The van der Waals surface area contributed by atoms with E-state index in [2.05, 4.69) is 96.3 Å². The molecule has 1 amide bonds. The molecule has 0 aliphatic carbocycles. The number of benzene rings is 6. The predicted molar refractivity (Wildman–Crippen MR) is 244 cm³/mol. The molecule has 5 atom stereocenters. The zero-order valence-corrected chi connectivity index (χ0v) is 35.8. The molecular formula is C53H53NO7S. The van der Waals surface area contributed by atoms with Crippen LogP contribution in [0.1, 0.15) is 51.3 Å². The van der Waals surface area contributed by atoms with E-state index in [0.29, 0.717) is 38.7 Å². The molecule has 1 saturated heterocycles. The maximum atomic E-state index is 11.8. The largest absolute Gasteiger partial charge is 0.491 e. The highest BCUT2D eigenvalue weighted by atomic mass is 32.1. The fourth-order valence-corrected chi connectivity index (χ4v) is 8.91. The van der Waals surface area contributed by atoms with Crippen LogP contribution >= 0.6 is 11.3 Å². The molecule has 1 aromatic heterocycles. The second-order valence-electron chi connectivity index (χ2n) is 15.5. The molecule has 0 bridgehead atoms. The molecule has 0 unspecified atom stereocenters. The van der Waals surface area contributed by atoms with Gasteiger partial charge < -0.3 is 33.7 Å². The number of amides is 1. The summed E-state index contributed by atoms with van der Waals surface area (Å²) in [5, 5.41) is 4.09. The van der Waals surface area contributed by atoms with Crippen molar-refractivity contribution in [2.45, 2.75) is 70.3 Å². The SMILES string of the molecule is CC(=O)NCCOc1ccc(Cc2cc3ccccc3s2)cc1[C@@H]1O[C@H](COCc2ccccc2)[C@@H](OCc2ccccc2)[C@H](OCc2ccccc2)[C@H]1OCc1ccccc1. The van der Waals surface area contributed by atoms with Gasteiger partial charge in [-0.15, -0.1) is 11.3 Å². The number of thiophene rings is 1. The molecule has 1 aliphatic rings. The Labute approximate surface area is 368 Å². The standard InChI is InChI=1S/C53H53NO7S/c1-38(55)54-28-29-57-47-27-26-43(30-45-32-44-24-14-15-25-49(44)62-45)31-46(47)50-52(59-35-41-20-10-4-11-21-41)53(60-36-42-22-12-5-13-23-42)51(58-34-40-18-8-3-9-19-40)48(61-50)37-56-33-39-16-6-2-7-17-39/h2-27,31-32,48,50-53H,28-30,33-37H2,1H3,(H,54,55)/t48-,50+,51-,52+,53+/m1/s1. The Morgan fingerprint density at radius 3 is 1.74 bits per heavy atom. The van der Waals surface area contributed by atoms with Gasteiger partial charge in [0.2, 0.25) is 5.91 Å². The number of nitrogens with one attached hydrogen (secondary N) is 1. The van der Waals surface area contributed by atoms with Gasteiger partial charge in [-0.3, -0.25) is 4.79 Å². The van der Waals surface area contributed by atoms with Crippen LogP contribution in [0.3, 0.4) is 0 Å². The van der Waals surface area contributed by atoms with Crippen molar-refractivity contribution in [3.05, 3.63) is 208 Å². The van der Waals surface area contributed by atoms with Crippen LogP contribution in [-0.4, -0.2) is 50.1 Å². The van der Waals surface area contributed by atoms with E-state index in [1.807, 2.05) is 78.9 Å². The number of rotatable bonds is 20. The molecule has 1 fully saturated rings. The second kappa shape index (κ2) is 21.9. The van der Waals surface area contributed by atoms with E-state index in [1.165, 1.54) is 21.9 Å². The van der Waals surface area contributed by atoms with E-state index in [-0.39, 0.29) is 19.1 Å². The zero-order valence-electron chi connectivity index (χ0n) is 35.0. The quantitative estimate of drug-likeness (QED) is 0.0765. The molecule has 0 saturated carbocycles. The van der Waals surface area contributed by atoms with Crippen molar-refractivity contribution < 1.29 is 33.2 Å². The molecule has 0 spiro atoms. The van der Waals surface area contributed by atoms with Gasteiger partial charge in [-0.05, 0) is 57.5 Å². The summed E-state index contributed by atoms with van der Waals surface area (Å²) in [5.74, 6) is 0.527. The number of hydrogen-bond donors (Lipinski definition) is 1. The van der Waals surface area contributed by atoms with Crippen LogP contribution in [0.4, 0.5) is 0 Å². The molecule has 318 valence electrons. The Morgan fingerprint density at radius 1 is 0.597 bits per heavy atom. The maximum Gasteiger partial charge on any atom is 0.216 e. The maximum absolute atomic E-state index is 11.8. The molecule has 7 aromatic rings. The number of hydrogen-bond acceptors (Lipinski definition) is 8. The van der Waals surface area contributed by atoms with Gasteiger partial charge in [-0.25, -0.2) is 0 Å². The van der Waals surface area contributed by atoms with Crippen LogP contribution in [0.25, 0.3) is 10.1 Å². The molecule has 1 N–H and O–H groups in total. The normalized spacial score (nSPS) is 18.7. The summed E-state index contributed by atoms with van der Waals surface area (Å²) in [6, 6.07) is 57.7. The summed E-state index contributed by atoms with van der Waals surface area (Å²) in [4.78, 5) is 13.1. The van der Waals surface area contributed by atoms with Gasteiger partial charge in [0, 0.05) is 28.5 Å². The van der Waals surface area contributed by atoms with Gasteiger partial charge in [0.15, 0.2) is 0 Å². The number of carbonyl (C=O) groups excluding carboxylic acids is 1. The summed E-state index contributed by atoms with van der Waals surface area (Å²) in [6.45, 7) is 3.76. The summed E-state index contributed by atoms with van der Waals surface area (Å²) >= 11 is 1.80. The van der Waals surface area contributed by atoms with Gasteiger partial charge in [0.05, 0.1) is 39.6 Å². The van der Waals surface area contributed by atoms with E-state index < -0.39 is 30.5 Å². The van der Waals surface area contributed by atoms with Crippen LogP contribution in [-0.2, 0) is 61.3 Å². The average molecular weight is 848 g/mol. The van der Waals surface area contributed by atoms with Crippen molar-refractivity contribution in [2.24, 2.45) is 0 Å². The highest BCUT2D eigenvalue weighted by Crippen LogP contribution is 2.42. The van der Waals surface area contributed by atoms with Gasteiger partial charge in [-0.1, -0.05) is 146 Å². The topological polar surface area (TPSA) is 84.5 Å². The van der Waals surface area contributed by atoms with Crippen LogP contribution in [0.15, 0.2) is 170 Å². The minimum absolute atomic E-state index is 0.115. The zero-order chi connectivity index (χ0) is 42.4. The van der Waals surface area contributed by atoms with Gasteiger partial charge in [0.1, 0.15) is 42.9 Å². The summed E-state index contributed by atoms with van der Waals surface area (Å²) < 4.78 is 42.7. The van der Waals surface area contributed by atoms with Crippen molar-refractivity contribution >= 4 is 27.3 Å². The first kappa shape index (κ1) is 43.0. The first-order chi connectivity index (χ1) is 30.6. The lowest BCUT2D eigenvalue weighted by molar-refractivity contribution is -0.275. The van der Waals surface area contributed by atoms with Gasteiger partial charge in [-0.2, -0.15) is 0 Å². The number of ether oxygens (including phenoxy) is 6. The van der Waals surface area contributed by atoms with E-state index in [0.717, 1.165) is 39.8 Å². The molecule has 9 heteroatoms. The molecule has 8 rings (SSSR count). The van der Waals surface area contributed by atoms with Crippen molar-refractivity contribution in [3.63, 3.8) is 0 Å². The molecular weight excluding hydrogens is 795 g/mol. The third-order valence-electron chi connectivity index (χ3n) is 10.9. The van der Waals surface area contributed by atoms with Gasteiger partial charge >= 0.3 is 0 Å². The fraction of sp³-hybridized carbons (Fsp3) is 0.264. The Morgan fingerprint density at radius 2 is 1.15 bits per heavy atom. The minimum Gasteiger partial charge on any atom is -0.491 e. The number of carbonyl (C=O) groups is 1. The van der Waals surface area contributed by atoms with Crippen molar-refractivity contribution in [1.29, 1.82) is 0 Å². The van der Waals surface area contributed by atoms with Crippen LogP contribution in [0, 0.1) is 0 Å². The summed E-state index contributed by atoms with van der Waals surface area (Å²) in [7, 11) is 0.